The molecule has 174 valence electrons. The number of halogens is 1. The minimum absolute atomic E-state index is 0.0365. The molecule has 1 heterocycles. The molecule has 2 aromatic rings. The lowest BCUT2D eigenvalue weighted by Crippen LogP contribution is -2.43. The standard InChI is InChI=1S/C22H28ClN3O5S/c1-14-5-6-16(11-17(14)22(27)24-15-7-9-26(2)10-8-15)32(28,29)25-19-12-18(23)20(30-3)13-21(19)31-4/h5-6,11-13,15,25H,7-10H2,1-4H3,(H,24,27). The monoisotopic (exact) mass is 481 g/mol. The van der Waals surface area contributed by atoms with Gasteiger partial charge in [0.15, 0.2) is 0 Å². The Morgan fingerprint density at radius 2 is 1.75 bits per heavy atom. The highest BCUT2D eigenvalue weighted by molar-refractivity contribution is 7.92. The Morgan fingerprint density at radius 3 is 2.38 bits per heavy atom. The fourth-order valence-corrected chi connectivity index (χ4v) is 4.90. The van der Waals surface area contributed by atoms with Crippen LogP contribution in [0.15, 0.2) is 35.2 Å². The van der Waals surface area contributed by atoms with Crippen LogP contribution in [0.4, 0.5) is 5.69 Å². The van der Waals surface area contributed by atoms with E-state index in [4.69, 9.17) is 21.1 Å². The van der Waals surface area contributed by atoms with Crippen LogP contribution in [0.1, 0.15) is 28.8 Å². The second-order valence-electron chi connectivity index (χ2n) is 7.82. The number of carbonyl (C=O) groups excluding carboxylic acids is 1. The Hall–Kier alpha value is -2.49. The third-order valence-corrected chi connectivity index (χ3v) is 7.19. The van der Waals surface area contributed by atoms with Gasteiger partial charge in [-0.3, -0.25) is 9.52 Å². The van der Waals surface area contributed by atoms with Gasteiger partial charge in [-0.25, -0.2) is 8.42 Å². The summed E-state index contributed by atoms with van der Waals surface area (Å²) in [6.45, 7) is 3.60. The molecule has 0 saturated carbocycles. The molecule has 0 aliphatic carbocycles. The zero-order valence-electron chi connectivity index (χ0n) is 18.6. The number of nitrogens with zero attached hydrogens (tertiary/aromatic N) is 1. The van der Waals surface area contributed by atoms with Crippen molar-refractivity contribution in [1.29, 1.82) is 0 Å². The van der Waals surface area contributed by atoms with E-state index in [1.807, 2.05) is 0 Å². The second-order valence-corrected chi connectivity index (χ2v) is 9.91. The molecule has 8 nitrogen and oxygen atoms in total. The van der Waals surface area contributed by atoms with Crippen LogP contribution in [0.2, 0.25) is 5.02 Å². The number of nitrogens with one attached hydrogen (secondary N) is 2. The molecule has 0 atom stereocenters. The zero-order valence-corrected chi connectivity index (χ0v) is 20.1. The summed E-state index contributed by atoms with van der Waals surface area (Å²) < 4.78 is 39.0. The number of hydrogen-bond donors (Lipinski definition) is 2. The summed E-state index contributed by atoms with van der Waals surface area (Å²) in [7, 11) is 0.906. The molecule has 0 bridgehead atoms. The van der Waals surface area contributed by atoms with Gasteiger partial charge in [0.2, 0.25) is 0 Å². The van der Waals surface area contributed by atoms with Gasteiger partial charge in [-0.1, -0.05) is 17.7 Å². The highest BCUT2D eigenvalue weighted by Gasteiger charge is 2.23. The Bertz CT molecular complexity index is 1100. The highest BCUT2D eigenvalue weighted by Crippen LogP contribution is 2.37. The van der Waals surface area contributed by atoms with E-state index in [9.17, 15) is 13.2 Å². The average Bonchev–Trinajstić information content (AvgIpc) is 2.75. The lowest BCUT2D eigenvalue weighted by molar-refractivity contribution is 0.0916. The van der Waals surface area contributed by atoms with E-state index in [1.54, 1.807) is 13.0 Å². The number of sulfonamides is 1. The third-order valence-electron chi connectivity index (χ3n) is 5.54. The number of likely N-dealkylation sites (tertiary alicyclic amines) is 1. The number of piperidine rings is 1. The predicted octanol–water partition coefficient (Wildman–Crippen LogP) is 3.29. The number of carbonyl (C=O) groups is 1. The first kappa shape index (κ1) is 24.2. The predicted molar refractivity (Wildman–Crippen MR) is 125 cm³/mol. The first-order valence-electron chi connectivity index (χ1n) is 10.2. The average molecular weight is 482 g/mol. The van der Waals surface area contributed by atoms with Crippen molar-refractivity contribution < 1.29 is 22.7 Å². The van der Waals surface area contributed by atoms with E-state index >= 15 is 0 Å². The topological polar surface area (TPSA) is 97.0 Å². The SMILES string of the molecule is COc1cc(OC)c(NS(=O)(=O)c2ccc(C)c(C(=O)NC3CCN(C)CC3)c2)cc1Cl. The molecule has 1 saturated heterocycles. The fraction of sp³-hybridized carbons (Fsp3) is 0.409. The third kappa shape index (κ3) is 5.46. The Balaban J connectivity index is 1.85. The van der Waals surface area contributed by atoms with Crippen molar-refractivity contribution in [3.05, 3.63) is 46.5 Å². The normalized spacial score (nSPS) is 15.3. The first-order valence-corrected chi connectivity index (χ1v) is 12.0. The number of methoxy groups -OCH3 is 2. The van der Waals surface area contributed by atoms with Gasteiger partial charge in [-0.2, -0.15) is 0 Å². The minimum Gasteiger partial charge on any atom is -0.495 e. The lowest BCUT2D eigenvalue weighted by Gasteiger charge is -2.29. The van der Waals surface area contributed by atoms with Crippen LogP contribution < -0.4 is 19.5 Å². The summed E-state index contributed by atoms with van der Waals surface area (Å²) in [4.78, 5) is 15.1. The second kappa shape index (κ2) is 9.97. The maximum atomic E-state index is 13.1. The maximum Gasteiger partial charge on any atom is 0.262 e. The van der Waals surface area contributed by atoms with Crippen molar-refractivity contribution >= 4 is 33.2 Å². The molecule has 0 unspecified atom stereocenters. The molecule has 1 aliphatic rings. The zero-order chi connectivity index (χ0) is 23.5. The van der Waals surface area contributed by atoms with E-state index in [0.717, 1.165) is 25.9 Å². The molecule has 32 heavy (non-hydrogen) atoms. The molecule has 1 amide bonds. The van der Waals surface area contributed by atoms with Crippen LogP contribution in [0.5, 0.6) is 11.5 Å². The number of ether oxygens (including phenoxy) is 2. The molecular formula is C22H28ClN3O5S. The van der Waals surface area contributed by atoms with E-state index in [-0.39, 0.29) is 33.3 Å². The molecule has 0 spiro atoms. The van der Waals surface area contributed by atoms with Gasteiger partial charge in [-0.05, 0) is 63.7 Å². The summed E-state index contributed by atoms with van der Waals surface area (Å²) in [6, 6.07) is 7.45. The number of hydrogen-bond acceptors (Lipinski definition) is 6. The van der Waals surface area contributed by atoms with Gasteiger partial charge in [0.25, 0.3) is 15.9 Å². The number of rotatable bonds is 7. The van der Waals surface area contributed by atoms with Crippen molar-refractivity contribution in [2.45, 2.75) is 30.7 Å². The van der Waals surface area contributed by atoms with Crippen molar-refractivity contribution in [1.82, 2.24) is 10.2 Å². The lowest BCUT2D eigenvalue weighted by atomic mass is 10.0. The molecule has 3 rings (SSSR count). The summed E-state index contributed by atoms with van der Waals surface area (Å²) in [5, 5.41) is 3.26. The summed E-state index contributed by atoms with van der Waals surface area (Å²) in [5.41, 5.74) is 1.18. The van der Waals surface area contributed by atoms with Crippen LogP contribution >= 0.6 is 11.6 Å². The van der Waals surface area contributed by atoms with Gasteiger partial charge >= 0.3 is 0 Å². The molecule has 2 aromatic carbocycles. The summed E-state index contributed by atoms with van der Waals surface area (Å²) in [6.07, 6.45) is 1.72. The molecule has 10 heteroatoms. The maximum absolute atomic E-state index is 13.1. The fourth-order valence-electron chi connectivity index (χ4n) is 3.57. The van der Waals surface area contributed by atoms with Crippen molar-refractivity contribution in [3.63, 3.8) is 0 Å². The smallest absolute Gasteiger partial charge is 0.262 e. The largest absolute Gasteiger partial charge is 0.495 e. The minimum atomic E-state index is -4.01. The number of aryl methyl sites for hydroxylation is 1. The molecule has 1 fully saturated rings. The van der Waals surface area contributed by atoms with Crippen molar-refractivity contribution in [2.24, 2.45) is 0 Å². The number of amides is 1. The number of anilines is 1. The molecular weight excluding hydrogens is 454 g/mol. The Kier molecular flexibility index (Phi) is 7.53. The molecule has 1 aliphatic heterocycles. The van der Waals surface area contributed by atoms with E-state index in [2.05, 4.69) is 22.0 Å². The van der Waals surface area contributed by atoms with Crippen molar-refractivity contribution in [2.75, 3.05) is 39.1 Å². The van der Waals surface area contributed by atoms with Crippen LogP contribution in [0.25, 0.3) is 0 Å². The Morgan fingerprint density at radius 1 is 1.09 bits per heavy atom. The van der Waals surface area contributed by atoms with Crippen LogP contribution in [0, 0.1) is 6.92 Å². The van der Waals surface area contributed by atoms with E-state index in [1.165, 1.54) is 38.5 Å². The van der Waals surface area contributed by atoms with Gasteiger partial charge in [-0.15, -0.1) is 0 Å². The summed E-state index contributed by atoms with van der Waals surface area (Å²) in [5.74, 6) is 0.330. The van der Waals surface area contributed by atoms with E-state index < -0.39 is 10.0 Å². The molecule has 0 aromatic heterocycles. The highest BCUT2D eigenvalue weighted by atomic mass is 35.5. The van der Waals surface area contributed by atoms with Gasteiger partial charge < -0.3 is 19.7 Å². The van der Waals surface area contributed by atoms with Crippen molar-refractivity contribution in [3.8, 4) is 11.5 Å². The van der Waals surface area contributed by atoms with Gasteiger partial charge in [0, 0.05) is 17.7 Å². The van der Waals surface area contributed by atoms with E-state index in [0.29, 0.717) is 16.9 Å². The number of benzene rings is 2. The van der Waals surface area contributed by atoms with Crippen LogP contribution in [0.3, 0.4) is 0 Å². The first-order chi connectivity index (χ1) is 15.1. The molecule has 2 N–H and O–H groups in total. The summed E-state index contributed by atoms with van der Waals surface area (Å²) >= 11 is 6.15. The molecule has 0 radical (unpaired) electrons. The Labute approximate surface area is 193 Å². The van der Waals surface area contributed by atoms with Gasteiger partial charge in [0.1, 0.15) is 11.5 Å². The van der Waals surface area contributed by atoms with Crippen LogP contribution in [-0.2, 0) is 10.0 Å². The quantitative estimate of drug-likeness (QED) is 0.630. The van der Waals surface area contributed by atoms with Gasteiger partial charge in [0.05, 0.1) is 29.8 Å². The van der Waals surface area contributed by atoms with Crippen LogP contribution in [-0.4, -0.2) is 59.6 Å².